The summed E-state index contributed by atoms with van der Waals surface area (Å²) in [6, 6.07) is 11.8. The van der Waals surface area contributed by atoms with Gasteiger partial charge in [0.25, 0.3) is 0 Å². The van der Waals surface area contributed by atoms with E-state index in [0.717, 1.165) is 0 Å². The maximum atomic E-state index is 12.9. The predicted octanol–water partition coefficient (Wildman–Crippen LogP) is 3.19. The maximum absolute atomic E-state index is 12.9. The summed E-state index contributed by atoms with van der Waals surface area (Å²) in [5.74, 6) is 0.0981. The molecule has 1 amide bonds. The maximum Gasteiger partial charge on any atom is 0.243 e. The summed E-state index contributed by atoms with van der Waals surface area (Å²) in [5.41, 5.74) is 0.532. The Morgan fingerprint density at radius 1 is 1.06 bits per heavy atom. The van der Waals surface area contributed by atoms with Crippen molar-refractivity contribution in [1.82, 2.24) is 9.21 Å². The van der Waals surface area contributed by atoms with E-state index in [1.54, 1.807) is 38.1 Å². The molecule has 170 valence electrons. The van der Waals surface area contributed by atoms with Crippen LogP contribution in [0.5, 0.6) is 5.75 Å². The number of carbonyl (C=O) groups excluding carboxylic acids is 1. The molecule has 0 saturated heterocycles. The summed E-state index contributed by atoms with van der Waals surface area (Å²) in [4.78, 5) is 14.3. The van der Waals surface area contributed by atoms with Gasteiger partial charge in [0.2, 0.25) is 15.9 Å². The number of anilines is 1. The minimum Gasteiger partial charge on any atom is -0.494 e. The Kier molecular flexibility index (Phi) is 8.97. The van der Waals surface area contributed by atoms with Gasteiger partial charge in [-0.05, 0) is 75.8 Å². The van der Waals surface area contributed by atoms with Gasteiger partial charge in [-0.25, -0.2) is 12.8 Å². The lowest BCUT2D eigenvalue weighted by Gasteiger charge is -2.21. The Morgan fingerprint density at radius 3 is 2.26 bits per heavy atom. The number of nitrogens with zero attached hydrogens (tertiary/aromatic N) is 2. The van der Waals surface area contributed by atoms with Crippen LogP contribution in [0.4, 0.5) is 10.1 Å². The summed E-state index contributed by atoms with van der Waals surface area (Å²) >= 11 is 0. The summed E-state index contributed by atoms with van der Waals surface area (Å²) in [7, 11) is -0.189. The minimum absolute atomic E-state index is 0.152. The highest BCUT2D eigenvalue weighted by Gasteiger charge is 2.22. The second-order valence-corrected chi connectivity index (χ2v) is 9.58. The van der Waals surface area contributed by atoms with Crippen molar-refractivity contribution < 1.29 is 22.3 Å². The lowest BCUT2D eigenvalue weighted by molar-refractivity contribution is -0.117. The molecule has 0 bridgehead atoms. The number of ether oxygens (including phenoxy) is 1. The molecule has 7 nitrogen and oxygen atoms in total. The average molecular weight is 452 g/mol. The third kappa shape index (κ3) is 7.61. The van der Waals surface area contributed by atoms with Gasteiger partial charge in [-0.3, -0.25) is 9.69 Å². The standard InChI is InChI=1S/C22H30FN3O4S/c1-17(2)26(4)31(28,29)21-12-8-19(9-13-21)24-22(27)16-25(3)14-5-15-30-20-10-6-18(23)7-11-20/h6-13,17H,5,14-16H2,1-4H3,(H,24,27). The van der Waals surface area contributed by atoms with Crippen LogP contribution < -0.4 is 10.1 Å². The Hall–Kier alpha value is -2.49. The van der Waals surface area contributed by atoms with E-state index in [0.29, 0.717) is 31.0 Å². The van der Waals surface area contributed by atoms with E-state index in [4.69, 9.17) is 4.74 Å². The van der Waals surface area contributed by atoms with Crippen molar-refractivity contribution in [2.24, 2.45) is 0 Å². The summed E-state index contributed by atoms with van der Waals surface area (Å²) in [5, 5.41) is 2.77. The number of halogens is 1. The Morgan fingerprint density at radius 2 is 1.68 bits per heavy atom. The highest BCUT2D eigenvalue weighted by molar-refractivity contribution is 7.89. The molecule has 0 unspecified atom stereocenters. The summed E-state index contributed by atoms with van der Waals surface area (Å²) in [6.45, 7) is 4.90. The third-order valence-electron chi connectivity index (χ3n) is 4.72. The van der Waals surface area contributed by atoms with Crippen molar-refractivity contribution in [2.45, 2.75) is 31.2 Å². The molecule has 0 aliphatic heterocycles. The first kappa shape index (κ1) is 24.8. The smallest absolute Gasteiger partial charge is 0.243 e. The number of nitrogens with one attached hydrogen (secondary N) is 1. The fourth-order valence-corrected chi connectivity index (χ4v) is 4.10. The lowest BCUT2D eigenvalue weighted by Crippen LogP contribution is -2.33. The van der Waals surface area contributed by atoms with E-state index in [1.807, 2.05) is 11.9 Å². The number of hydrogen-bond acceptors (Lipinski definition) is 5. The third-order valence-corrected chi connectivity index (χ3v) is 6.77. The predicted molar refractivity (Wildman–Crippen MR) is 119 cm³/mol. The fourth-order valence-electron chi connectivity index (χ4n) is 2.73. The molecule has 0 fully saturated rings. The first-order chi connectivity index (χ1) is 14.6. The topological polar surface area (TPSA) is 79.0 Å². The van der Waals surface area contributed by atoms with Gasteiger partial charge in [-0.15, -0.1) is 0 Å². The molecule has 0 heterocycles. The average Bonchev–Trinajstić information content (AvgIpc) is 2.72. The van der Waals surface area contributed by atoms with Gasteiger partial charge in [0.1, 0.15) is 11.6 Å². The molecule has 9 heteroatoms. The molecule has 0 aliphatic carbocycles. The molecule has 1 N–H and O–H groups in total. The quantitative estimate of drug-likeness (QED) is 0.531. The first-order valence-electron chi connectivity index (χ1n) is 10.0. The van der Waals surface area contributed by atoms with E-state index < -0.39 is 10.0 Å². The van der Waals surface area contributed by atoms with E-state index in [9.17, 15) is 17.6 Å². The Bertz CT molecular complexity index is 948. The van der Waals surface area contributed by atoms with Crippen LogP contribution in [0.15, 0.2) is 53.4 Å². The van der Waals surface area contributed by atoms with Crippen LogP contribution in [-0.4, -0.2) is 63.4 Å². The van der Waals surface area contributed by atoms with Gasteiger partial charge in [-0.1, -0.05) is 0 Å². The van der Waals surface area contributed by atoms with Crippen LogP contribution in [0.1, 0.15) is 20.3 Å². The number of likely N-dealkylation sites (N-methyl/N-ethyl adjacent to an activating group) is 1. The molecule has 2 aromatic rings. The van der Waals surface area contributed by atoms with Gasteiger partial charge in [0.05, 0.1) is 18.0 Å². The Balaban J connectivity index is 1.76. The normalized spacial score (nSPS) is 11.9. The van der Waals surface area contributed by atoms with Crippen LogP contribution in [0, 0.1) is 5.82 Å². The van der Waals surface area contributed by atoms with Crippen molar-refractivity contribution in [3.8, 4) is 5.75 Å². The molecule has 0 atom stereocenters. The van der Waals surface area contributed by atoms with Gasteiger partial charge in [0, 0.05) is 25.3 Å². The molecule has 0 aliphatic rings. The number of hydrogen-bond donors (Lipinski definition) is 1. The summed E-state index contributed by atoms with van der Waals surface area (Å²) < 4.78 is 44.7. The van der Waals surface area contributed by atoms with Gasteiger partial charge < -0.3 is 10.1 Å². The zero-order chi connectivity index (χ0) is 23.0. The molecule has 0 saturated carbocycles. The van der Waals surface area contributed by atoms with Crippen molar-refractivity contribution in [2.75, 3.05) is 39.1 Å². The molecule has 0 spiro atoms. The zero-order valence-corrected chi connectivity index (χ0v) is 19.2. The molecular formula is C22H30FN3O4S. The molecular weight excluding hydrogens is 421 g/mol. The van der Waals surface area contributed by atoms with Crippen molar-refractivity contribution >= 4 is 21.6 Å². The van der Waals surface area contributed by atoms with Gasteiger partial charge in [0.15, 0.2) is 0 Å². The SMILES string of the molecule is CC(C)N(C)S(=O)(=O)c1ccc(NC(=O)CN(C)CCCOc2ccc(F)cc2)cc1. The fraction of sp³-hybridized carbons (Fsp3) is 0.409. The largest absolute Gasteiger partial charge is 0.494 e. The molecule has 2 aromatic carbocycles. The highest BCUT2D eigenvalue weighted by atomic mass is 32.2. The number of carbonyl (C=O) groups is 1. The Labute approximate surface area is 183 Å². The molecule has 0 radical (unpaired) electrons. The second kappa shape index (κ2) is 11.2. The van der Waals surface area contributed by atoms with E-state index >= 15 is 0 Å². The van der Waals surface area contributed by atoms with E-state index in [1.165, 1.54) is 35.6 Å². The van der Waals surface area contributed by atoms with Gasteiger partial charge in [-0.2, -0.15) is 4.31 Å². The van der Waals surface area contributed by atoms with E-state index in [-0.39, 0.29) is 29.2 Å². The van der Waals surface area contributed by atoms with Crippen molar-refractivity contribution in [3.05, 3.63) is 54.3 Å². The minimum atomic E-state index is -3.56. The van der Waals surface area contributed by atoms with Gasteiger partial charge >= 0.3 is 0 Å². The number of rotatable bonds is 11. The van der Waals surface area contributed by atoms with Crippen LogP contribution in [0.2, 0.25) is 0 Å². The molecule has 0 aromatic heterocycles. The van der Waals surface area contributed by atoms with Crippen LogP contribution >= 0.6 is 0 Å². The van der Waals surface area contributed by atoms with Crippen LogP contribution in [-0.2, 0) is 14.8 Å². The van der Waals surface area contributed by atoms with Crippen LogP contribution in [0.3, 0.4) is 0 Å². The van der Waals surface area contributed by atoms with Crippen LogP contribution in [0.25, 0.3) is 0 Å². The van der Waals surface area contributed by atoms with Crippen molar-refractivity contribution in [1.29, 1.82) is 0 Å². The summed E-state index contributed by atoms with van der Waals surface area (Å²) in [6.07, 6.45) is 0.705. The number of benzene rings is 2. The molecule has 2 rings (SSSR count). The van der Waals surface area contributed by atoms with E-state index in [2.05, 4.69) is 5.32 Å². The second-order valence-electron chi connectivity index (χ2n) is 7.58. The highest BCUT2D eigenvalue weighted by Crippen LogP contribution is 2.19. The first-order valence-corrected chi connectivity index (χ1v) is 11.5. The molecule has 31 heavy (non-hydrogen) atoms. The monoisotopic (exact) mass is 451 g/mol. The number of sulfonamides is 1. The van der Waals surface area contributed by atoms with Crippen molar-refractivity contribution in [3.63, 3.8) is 0 Å². The lowest BCUT2D eigenvalue weighted by atomic mass is 10.3. The number of amides is 1. The zero-order valence-electron chi connectivity index (χ0n) is 18.3.